The van der Waals surface area contributed by atoms with Crippen LogP contribution in [0.4, 0.5) is 0 Å². The van der Waals surface area contributed by atoms with E-state index < -0.39 is 0 Å². The molecule has 0 spiro atoms. The first-order valence-corrected chi connectivity index (χ1v) is 26.7. The van der Waals surface area contributed by atoms with Gasteiger partial charge in [-0.15, -0.1) is 0 Å². The van der Waals surface area contributed by atoms with Crippen molar-refractivity contribution in [1.29, 1.82) is 0 Å². The fourth-order valence-electron chi connectivity index (χ4n) is 9.49. The van der Waals surface area contributed by atoms with Crippen molar-refractivity contribution >= 4 is 68.0 Å². The number of carbonyl (C=O) groups is 4. The largest absolute Gasteiger partial charge is 0.466 e. The molecule has 76 heavy (non-hydrogen) atoms. The van der Waals surface area contributed by atoms with Crippen LogP contribution in [-0.2, 0) is 64.3 Å². The monoisotopic (exact) mass is 1030 g/mol. The normalized spacial score (nSPS) is 11.6. The lowest BCUT2D eigenvalue weighted by Gasteiger charge is -2.02. The molecule has 7 aromatic heterocycles. The Hall–Kier alpha value is -8.16. The molecule has 2 N–H and O–H groups in total. The standard InChI is InChI=1S/C56H65N12O8/c1-5-73-45(69)17-9-13-25-65-29-21-37-41(33-65)53-57-49(37)62-54-43-35-67(27-15-11-19-47(71)75-7-3)31-23-39(43)51(59-54)64-56-44-36-68(28-16-12-20-48(72)76-8-4)32-24-40(44)52(60-56)63-55-42-34-66(26-14-10-18-46(70)74-6-2)30-22-38(42)50(58-55)61-53/h21-24,29-36H,5-20,25-28H2,1-4H3,(H,57,58,59,60,61,62,63,64)/q+3/p+1. The van der Waals surface area contributed by atoms with Crippen molar-refractivity contribution in [3.63, 3.8) is 0 Å². The summed E-state index contributed by atoms with van der Waals surface area (Å²) in [6.45, 7) is 11.3. The molecule has 394 valence electrons. The number of nitrogens with one attached hydrogen (secondary N) is 2. The number of aromatic nitrogens is 12. The third-order valence-corrected chi connectivity index (χ3v) is 13.2. The van der Waals surface area contributed by atoms with Gasteiger partial charge < -0.3 is 28.9 Å². The molecule has 0 atom stereocenters. The highest BCUT2D eigenvalue weighted by Gasteiger charge is 2.27. The number of ether oxygens (including phenoxy) is 4. The van der Waals surface area contributed by atoms with Gasteiger partial charge in [0.1, 0.15) is 48.8 Å². The maximum atomic E-state index is 12.1. The third kappa shape index (κ3) is 12.7. The number of hydrogen-bond donors (Lipinski definition) is 2. The molecule has 0 unspecified atom stereocenters. The zero-order chi connectivity index (χ0) is 53.0. The van der Waals surface area contributed by atoms with Crippen LogP contribution in [0.15, 0.2) is 73.8 Å². The minimum absolute atomic E-state index is 0.200. The zero-order valence-electron chi connectivity index (χ0n) is 43.8. The second kappa shape index (κ2) is 24.9. The molecule has 0 aliphatic carbocycles. The number of unbranched alkanes of at least 4 members (excludes halogenated alkanes) is 4. The zero-order valence-corrected chi connectivity index (χ0v) is 43.8. The van der Waals surface area contributed by atoms with Gasteiger partial charge in [-0.25, -0.2) is 48.2 Å². The number of carbonyl (C=O) groups excluding carboxylic acids is 4. The Morgan fingerprint density at radius 2 is 0.658 bits per heavy atom. The van der Waals surface area contributed by atoms with E-state index in [0.29, 0.717) is 150 Å². The van der Waals surface area contributed by atoms with Crippen molar-refractivity contribution in [2.45, 2.75) is 131 Å². The summed E-state index contributed by atoms with van der Waals surface area (Å²) in [7, 11) is 0. The molecule has 20 heteroatoms. The van der Waals surface area contributed by atoms with Gasteiger partial charge in [0.2, 0.25) is 0 Å². The van der Waals surface area contributed by atoms with Crippen molar-refractivity contribution in [3.05, 3.63) is 73.8 Å². The van der Waals surface area contributed by atoms with Crippen LogP contribution < -0.4 is 18.3 Å². The molecular formula is C56H66N12O8+4. The summed E-state index contributed by atoms with van der Waals surface area (Å²) in [6, 6.07) is 8.05. The van der Waals surface area contributed by atoms with E-state index in [1.807, 2.05) is 102 Å². The first-order chi connectivity index (χ1) is 37.1. The van der Waals surface area contributed by atoms with Gasteiger partial charge in [0.05, 0.1) is 48.3 Å². The van der Waals surface area contributed by atoms with Crippen LogP contribution in [0.3, 0.4) is 0 Å². The quantitative estimate of drug-likeness (QED) is 0.0270. The summed E-state index contributed by atoms with van der Waals surface area (Å²) in [4.78, 5) is 87.1. The molecule has 0 fully saturated rings. The Morgan fingerprint density at radius 1 is 0.368 bits per heavy atom. The minimum atomic E-state index is -0.200. The van der Waals surface area contributed by atoms with Crippen molar-refractivity contribution in [3.8, 4) is 45.6 Å². The van der Waals surface area contributed by atoms with Gasteiger partial charge in [-0.2, -0.15) is 0 Å². The highest BCUT2D eigenvalue weighted by Crippen LogP contribution is 2.36. The molecule has 0 amide bonds. The number of fused-ring (bicyclic) bond motifs is 20. The Labute approximate surface area is 439 Å². The van der Waals surface area contributed by atoms with Gasteiger partial charge in [0.15, 0.2) is 72.9 Å². The number of hydrogen-bond acceptors (Lipinski definition) is 14. The summed E-state index contributed by atoms with van der Waals surface area (Å²) >= 11 is 0. The molecule has 9 rings (SSSR count). The van der Waals surface area contributed by atoms with Gasteiger partial charge in [-0.3, -0.25) is 19.2 Å². The molecule has 2 aliphatic heterocycles. The van der Waals surface area contributed by atoms with Crippen LogP contribution in [0.2, 0.25) is 0 Å². The van der Waals surface area contributed by atoms with E-state index in [2.05, 4.69) is 28.2 Å². The van der Waals surface area contributed by atoms with Crippen molar-refractivity contribution in [1.82, 2.24) is 39.9 Å². The van der Waals surface area contributed by atoms with Crippen LogP contribution in [0.5, 0.6) is 0 Å². The van der Waals surface area contributed by atoms with Gasteiger partial charge in [0.25, 0.3) is 0 Å². The van der Waals surface area contributed by atoms with Crippen LogP contribution in [0, 0.1) is 0 Å². The first-order valence-electron chi connectivity index (χ1n) is 26.7. The Balaban J connectivity index is 1.20. The second-order valence-corrected chi connectivity index (χ2v) is 18.7. The van der Waals surface area contributed by atoms with Gasteiger partial charge in [0, 0.05) is 97.5 Å². The lowest BCUT2D eigenvalue weighted by atomic mass is 10.1. The van der Waals surface area contributed by atoms with Gasteiger partial charge in [-0.1, -0.05) is 0 Å². The topological polar surface area (TPSA) is 230 Å². The van der Waals surface area contributed by atoms with Crippen molar-refractivity contribution < 1.29 is 56.4 Å². The van der Waals surface area contributed by atoms with E-state index in [1.165, 1.54) is 0 Å². The summed E-state index contributed by atoms with van der Waals surface area (Å²) < 4.78 is 29.0. The maximum Gasteiger partial charge on any atom is 0.305 e. The highest BCUT2D eigenvalue weighted by atomic mass is 16.5. The number of pyridine rings is 4. The molecule has 7 aromatic rings. The minimum Gasteiger partial charge on any atom is -0.466 e. The Bertz CT molecular complexity index is 3240. The summed E-state index contributed by atoms with van der Waals surface area (Å²) in [5.74, 6) is 1.02. The summed E-state index contributed by atoms with van der Waals surface area (Å²) in [5, 5.41) is 3.25. The van der Waals surface area contributed by atoms with Crippen molar-refractivity contribution in [2.75, 3.05) is 26.4 Å². The second-order valence-electron chi connectivity index (χ2n) is 18.7. The number of esters is 4. The number of aryl methyl sites for hydroxylation is 4. The molecule has 8 bridgehead atoms. The lowest BCUT2D eigenvalue weighted by Crippen LogP contribution is -2.33. The third-order valence-electron chi connectivity index (χ3n) is 13.2. The van der Waals surface area contributed by atoms with Crippen LogP contribution in [0.25, 0.3) is 89.7 Å². The van der Waals surface area contributed by atoms with E-state index >= 15 is 0 Å². The van der Waals surface area contributed by atoms with Crippen molar-refractivity contribution in [2.24, 2.45) is 0 Å². The Morgan fingerprint density at radius 3 is 0.987 bits per heavy atom. The smallest absolute Gasteiger partial charge is 0.305 e. The summed E-state index contributed by atoms with van der Waals surface area (Å²) in [5.41, 5.74) is 5.31. The molecule has 0 radical (unpaired) electrons. The average molecular weight is 1040 g/mol. The first kappa shape index (κ1) is 52.7. The number of H-pyrrole nitrogens is 2. The van der Waals surface area contributed by atoms with E-state index in [1.54, 1.807) is 0 Å². The van der Waals surface area contributed by atoms with Gasteiger partial charge >= 0.3 is 23.9 Å². The fraction of sp³-hybridized carbons (Fsp3) is 0.429. The molecule has 20 nitrogen and oxygen atoms in total. The van der Waals surface area contributed by atoms with E-state index in [9.17, 15) is 19.2 Å². The number of nitrogens with zero attached hydrogens (tertiary/aromatic N) is 10. The van der Waals surface area contributed by atoms with Crippen LogP contribution in [-0.4, -0.2) is 90.2 Å². The molecule has 0 saturated heterocycles. The predicted octanol–water partition coefficient (Wildman–Crippen LogP) is 6.95. The number of rotatable bonds is 24. The van der Waals surface area contributed by atoms with Crippen LogP contribution in [0.1, 0.15) is 105 Å². The summed E-state index contributed by atoms with van der Waals surface area (Å²) in [6.07, 6.45) is 23.3. The van der Waals surface area contributed by atoms with E-state index in [0.717, 1.165) is 69.5 Å². The SMILES string of the molecule is CCOC(=O)CCCC[n+]1ccc2c(c1)-c1nc-2nc2[nH]c(nc3nc(nc4[nH]c(n1)c1cc[n+](CCCCC(=O)OCC)cc41)-c1cc[n+](CCCCC(=O)OCC)cc1-3)c1cc[n+](CCCCC(=O)OCC)cc21. The van der Waals surface area contributed by atoms with E-state index in [-0.39, 0.29) is 23.9 Å². The predicted molar refractivity (Wildman–Crippen MR) is 279 cm³/mol. The van der Waals surface area contributed by atoms with Crippen LogP contribution >= 0.6 is 0 Å². The number of aromatic amines is 2. The molecule has 0 aromatic carbocycles. The molecule has 9 heterocycles. The average Bonchev–Trinajstić information content (AvgIpc) is 4.20. The highest BCUT2D eigenvalue weighted by molar-refractivity contribution is 6.05. The lowest BCUT2D eigenvalue weighted by molar-refractivity contribution is -0.697. The fourth-order valence-corrected chi connectivity index (χ4v) is 9.49. The Kier molecular flexibility index (Phi) is 17.3. The molecular weight excluding hydrogens is 969 g/mol. The van der Waals surface area contributed by atoms with Gasteiger partial charge in [-0.05, 0) is 53.4 Å². The molecule has 0 saturated carbocycles. The van der Waals surface area contributed by atoms with E-state index in [4.69, 9.17) is 48.9 Å². The molecule has 2 aliphatic rings. The maximum absolute atomic E-state index is 12.1.